The van der Waals surface area contributed by atoms with Crippen molar-refractivity contribution in [3.63, 3.8) is 0 Å². The number of hydrogen-bond donors (Lipinski definition) is 0. The summed E-state index contributed by atoms with van der Waals surface area (Å²) in [6.07, 6.45) is 10.7. The van der Waals surface area contributed by atoms with Crippen molar-refractivity contribution in [3.05, 3.63) is 82.2 Å². The molecule has 0 saturated carbocycles. The molecule has 0 radical (unpaired) electrons. The van der Waals surface area contributed by atoms with Crippen LogP contribution in [-0.4, -0.2) is 41.9 Å². The molecule has 32 heavy (non-hydrogen) atoms. The Labute approximate surface area is 202 Å². The molecule has 2 fully saturated rings. The number of allylic oxidation sites excluding steroid dienone is 2. The van der Waals surface area contributed by atoms with Gasteiger partial charge in [-0.3, -0.25) is 0 Å². The van der Waals surface area contributed by atoms with Gasteiger partial charge in [0.1, 0.15) is 0 Å². The van der Waals surface area contributed by atoms with Gasteiger partial charge in [0.2, 0.25) is 0 Å². The van der Waals surface area contributed by atoms with Crippen molar-refractivity contribution in [2.45, 2.75) is 46.0 Å². The Hall–Kier alpha value is -1.38. The summed E-state index contributed by atoms with van der Waals surface area (Å²) in [7, 11) is 0. The zero-order valence-corrected chi connectivity index (χ0v) is 23.2. The third-order valence-electron chi connectivity index (χ3n) is 8.09. The van der Waals surface area contributed by atoms with Gasteiger partial charge in [-0.25, -0.2) is 0 Å². The SMILES string of the molecule is C[SiH](C)[Zr]([CH]1C(N2CCCC2)=Cc2ccccc21)[CH]1C(N2CCCC2)=Cc2ccccc21. The summed E-state index contributed by atoms with van der Waals surface area (Å²) in [5.74, 6) is -0.811. The van der Waals surface area contributed by atoms with Crippen LogP contribution < -0.4 is 0 Å². The van der Waals surface area contributed by atoms with Crippen LogP contribution in [-0.2, 0) is 20.9 Å². The van der Waals surface area contributed by atoms with E-state index in [1.165, 1.54) is 63.0 Å². The third-order valence-corrected chi connectivity index (χ3v) is 29.5. The van der Waals surface area contributed by atoms with Gasteiger partial charge in [0.05, 0.1) is 0 Å². The topological polar surface area (TPSA) is 6.48 Å². The van der Waals surface area contributed by atoms with E-state index in [1.807, 2.05) is 0 Å². The van der Waals surface area contributed by atoms with Crippen LogP contribution >= 0.6 is 0 Å². The van der Waals surface area contributed by atoms with Gasteiger partial charge in [-0.05, 0) is 0 Å². The summed E-state index contributed by atoms with van der Waals surface area (Å²) in [5.41, 5.74) is 9.81. The average molecular weight is 519 g/mol. The molecule has 4 heteroatoms. The molecule has 2 atom stereocenters. The normalized spacial score (nSPS) is 24.1. The number of rotatable bonds is 5. The number of nitrogens with zero attached hydrogens (tertiary/aromatic N) is 2. The Balaban J connectivity index is 1.48. The molecule has 2 nitrogen and oxygen atoms in total. The maximum atomic E-state index is 2.78. The van der Waals surface area contributed by atoms with Crippen LogP contribution in [0.15, 0.2) is 59.9 Å². The van der Waals surface area contributed by atoms with Crippen molar-refractivity contribution in [2.24, 2.45) is 0 Å². The van der Waals surface area contributed by atoms with E-state index < -0.39 is 26.8 Å². The first-order valence-electron chi connectivity index (χ1n) is 12.7. The molecule has 0 spiro atoms. The van der Waals surface area contributed by atoms with Gasteiger partial charge in [-0.15, -0.1) is 0 Å². The molecule has 6 rings (SSSR count). The molecular weight excluding hydrogens is 484 g/mol. The van der Waals surface area contributed by atoms with Crippen molar-refractivity contribution in [3.8, 4) is 0 Å². The summed E-state index contributed by atoms with van der Waals surface area (Å²) >= 11 is -1.98. The summed E-state index contributed by atoms with van der Waals surface area (Å²) in [6.45, 7) is 10.5. The maximum absolute atomic E-state index is 2.78. The van der Waals surface area contributed by atoms with Crippen molar-refractivity contribution in [1.29, 1.82) is 0 Å². The number of likely N-dealkylation sites (tertiary alicyclic amines) is 2. The van der Waals surface area contributed by atoms with Crippen LogP contribution in [0.2, 0.25) is 13.1 Å². The van der Waals surface area contributed by atoms with Crippen LogP contribution in [0.4, 0.5) is 0 Å². The van der Waals surface area contributed by atoms with E-state index in [4.69, 9.17) is 0 Å². The van der Waals surface area contributed by atoms with E-state index in [-0.39, 0.29) is 0 Å². The molecule has 2 aromatic carbocycles. The molecule has 2 heterocycles. The average Bonchev–Trinajstić information content (AvgIpc) is 3.59. The fourth-order valence-electron chi connectivity index (χ4n) is 6.65. The molecule has 4 aliphatic rings. The van der Waals surface area contributed by atoms with Gasteiger partial charge in [0.25, 0.3) is 0 Å². The molecule has 2 aliphatic heterocycles. The molecule has 2 saturated heterocycles. The van der Waals surface area contributed by atoms with Crippen molar-refractivity contribution in [1.82, 2.24) is 9.80 Å². The van der Waals surface area contributed by atoms with Gasteiger partial charge in [0, 0.05) is 0 Å². The van der Waals surface area contributed by atoms with E-state index in [0.29, 0.717) is 0 Å². The molecule has 2 aliphatic carbocycles. The predicted octanol–water partition coefficient (Wildman–Crippen LogP) is 5.97. The summed E-state index contributed by atoms with van der Waals surface area (Å²) in [4.78, 5) is 5.56. The Morgan fingerprint density at radius 1 is 0.656 bits per heavy atom. The first-order chi connectivity index (χ1) is 15.7. The molecule has 0 amide bonds. The van der Waals surface area contributed by atoms with Gasteiger partial charge in [0.15, 0.2) is 0 Å². The molecule has 0 N–H and O–H groups in total. The van der Waals surface area contributed by atoms with Crippen molar-refractivity contribution < 1.29 is 20.9 Å². The fraction of sp³-hybridized carbons (Fsp3) is 0.429. The number of hydrogen-bond acceptors (Lipinski definition) is 2. The van der Waals surface area contributed by atoms with E-state index in [1.54, 1.807) is 22.5 Å². The van der Waals surface area contributed by atoms with Gasteiger partial charge < -0.3 is 0 Å². The Bertz CT molecular complexity index is 981. The van der Waals surface area contributed by atoms with Crippen LogP contribution in [0.25, 0.3) is 12.2 Å². The van der Waals surface area contributed by atoms with Gasteiger partial charge >= 0.3 is 203 Å². The summed E-state index contributed by atoms with van der Waals surface area (Å²) in [6, 6.07) is 18.8. The zero-order valence-electron chi connectivity index (χ0n) is 19.6. The molecule has 2 unspecified atom stereocenters. The van der Waals surface area contributed by atoms with E-state index in [2.05, 4.69) is 83.6 Å². The second kappa shape index (κ2) is 8.76. The van der Waals surface area contributed by atoms with E-state index in [9.17, 15) is 0 Å². The number of fused-ring (bicyclic) bond motifs is 2. The standard InChI is InChI=1S/2C13H14N.C2H7Si.Zr/c2*1-2-6-12-10-13(9-11(12)5-1)14-7-3-4-8-14;1-3-2;/h2*1-2,5-6,9-10H,3-4,7-8H2;3H,1-2H3;. The second-order valence-corrected chi connectivity index (χ2v) is 30.4. The molecule has 2 aromatic rings. The molecular formula is C28H35N2SiZr. The van der Waals surface area contributed by atoms with E-state index >= 15 is 0 Å². The van der Waals surface area contributed by atoms with Crippen LogP contribution in [0.5, 0.6) is 0 Å². The zero-order chi connectivity index (χ0) is 21.7. The minimum atomic E-state index is -1.98. The minimum absolute atomic E-state index is 0.737. The van der Waals surface area contributed by atoms with Crippen LogP contribution in [0.3, 0.4) is 0 Å². The number of benzene rings is 2. The van der Waals surface area contributed by atoms with Crippen LogP contribution in [0, 0.1) is 0 Å². The Kier molecular flexibility index (Phi) is 5.80. The molecule has 0 bridgehead atoms. The quantitative estimate of drug-likeness (QED) is 0.450. The summed E-state index contributed by atoms with van der Waals surface area (Å²) in [5, 5.41) is 0. The van der Waals surface area contributed by atoms with Crippen LogP contribution in [0.1, 0.15) is 55.2 Å². The first kappa shape index (κ1) is 21.2. The Morgan fingerprint density at radius 3 is 1.47 bits per heavy atom. The second-order valence-electron chi connectivity index (χ2n) is 10.3. The fourth-order valence-corrected chi connectivity index (χ4v) is 28.8. The molecule has 165 valence electrons. The summed E-state index contributed by atoms with van der Waals surface area (Å²) < 4.78 is 1.47. The predicted molar refractivity (Wildman–Crippen MR) is 135 cm³/mol. The van der Waals surface area contributed by atoms with Crippen molar-refractivity contribution >= 4 is 18.1 Å². The Morgan fingerprint density at radius 2 is 1.06 bits per heavy atom. The van der Waals surface area contributed by atoms with Gasteiger partial charge in [-0.1, -0.05) is 0 Å². The van der Waals surface area contributed by atoms with Gasteiger partial charge in [-0.2, -0.15) is 0 Å². The first-order valence-corrected chi connectivity index (χ1v) is 22.7. The third kappa shape index (κ3) is 3.53. The van der Waals surface area contributed by atoms with Crippen molar-refractivity contribution in [2.75, 3.05) is 26.2 Å². The van der Waals surface area contributed by atoms with E-state index in [0.717, 1.165) is 7.25 Å². The monoisotopic (exact) mass is 517 g/mol. The molecule has 0 aromatic heterocycles.